The van der Waals surface area contributed by atoms with Crippen molar-refractivity contribution in [3.8, 4) is 16.8 Å². The molecule has 57 heavy (non-hydrogen) atoms. The van der Waals surface area contributed by atoms with Crippen molar-refractivity contribution in [2.75, 3.05) is 0 Å². The van der Waals surface area contributed by atoms with Gasteiger partial charge in [-0.25, -0.2) is 9.98 Å². The third kappa shape index (κ3) is 5.04. The van der Waals surface area contributed by atoms with E-state index in [9.17, 15) is 0 Å². The number of furan rings is 2. The maximum atomic E-state index is 6.68. The summed E-state index contributed by atoms with van der Waals surface area (Å²) < 4.78 is 15.2. The van der Waals surface area contributed by atoms with Crippen LogP contribution >= 0.6 is 0 Å². The van der Waals surface area contributed by atoms with Gasteiger partial charge in [0, 0.05) is 54.7 Å². The Morgan fingerprint density at radius 1 is 0.404 bits per heavy atom. The van der Waals surface area contributed by atoms with Crippen LogP contribution in [0.1, 0.15) is 22.9 Å². The lowest BCUT2D eigenvalue weighted by molar-refractivity contribution is 0.668. The van der Waals surface area contributed by atoms with Gasteiger partial charge in [0.05, 0.1) is 11.0 Å². The molecular formula is C51H32N4O2. The molecule has 0 spiro atoms. The fourth-order valence-electron chi connectivity index (χ4n) is 8.59. The molecule has 1 atom stereocenters. The first kappa shape index (κ1) is 31.6. The fourth-order valence-corrected chi connectivity index (χ4v) is 8.59. The van der Waals surface area contributed by atoms with Crippen molar-refractivity contribution in [2.45, 2.75) is 6.17 Å². The highest BCUT2D eigenvalue weighted by molar-refractivity contribution is 6.20. The molecule has 8 aromatic carbocycles. The second-order valence-corrected chi connectivity index (χ2v) is 14.6. The van der Waals surface area contributed by atoms with E-state index in [4.69, 9.17) is 18.8 Å². The van der Waals surface area contributed by atoms with Crippen molar-refractivity contribution in [3.63, 3.8) is 0 Å². The molecule has 268 valence electrons. The zero-order valence-electron chi connectivity index (χ0n) is 30.6. The second kappa shape index (κ2) is 12.4. The largest absolute Gasteiger partial charge is 0.456 e. The molecule has 1 aliphatic rings. The topological polar surface area (TPSA) is 68.0 Å². The molecule has 1 unspecified atom stereocenters. The zero-order valence-corrected chi connectivity index (χ0v) is 30.6. The summed E-state index contributed by atoms with van der Waals surface area (Å²) in [5, 5.41) is 10.1. The first-order valence-corrected chi connectivity index (χ1v) is 19.2. The molecule has 0 bridgehead atoms. The van der Waals surface area contributed by atoms with Gasteiger partial charge < -0.3 is 18.7 Å². The van der Waals surface area contributed by atoms with E-state index in [-0.39, 0.29) is 0 Å². The summed E-state index contributed by atoms with van der Waals surface area (Å²) in [4.78, 5) is 10.7. The van der Waals surface area contributed by atoms with Crippen molar-refractivity contribution in [1.82, 2.24) is 9.88 Å². The summed E-state index contributed by atoms with van der Waals surface area (Å²) in [7, 11) is 0. The molecule has 0 radical (unpaired) electrons. The Morgan fingerprint density at radius 2 is 1.04 bits per heavy atom. The van der Waals surface area contributed by atoms with Crippen molar-refractivity contribution >= 4 is 77.4 Å². The van der Waals surface area contributed by atoms with Crippen LogP contribution in [-0.4, -0.2) is 16.2 Å². The molecule has 3 aromatic heterocycles. The second-order valence-electron chi connectivity index (χ2n) is 14.6. The number of nitrogens with one attached hydrogen (secondary N) is 1. The zero-order chi connectivity index (χ0) is 37.5. The van der Waals surface area contributed by atoms with E-state index in [0.29, 0.717) is 0 Å². The predicted octanol–water partition coefficient (Wildman–Crippen LogP) is 12.7. The van der Waals surface area contributed by atoms with Crippen LogP contribution in [0, 0.1) is 0 Å². The van der Waals surface area contributed by atoms with E-state index < -0.39 is 6.17 Å². The molecule has 0 fully saturated rings. The van der Waals surface area contributed by atoms with Crippen LogP contribution in [-0.2, 0) is 0 Å². The fraction of sp³-hybridized carbons (Fsp3) is 0.0196. The van der Waals surface area contributed by atoms with Crippen LogP contribution < -0.4 is 5.32 Å². The van der Waals surface area contributed by atoms with Crippen LogP contribution in [0.25, 0.3) is 82.5 Å². The Kier molecular flexibility index (Phi) is 6.89. The normalized spacial score (nSPS) is 14.5. The van der Waals surface area contributed by atoms with Crippen molar-refractivity contribution in [1.29, 1.82) is 0 Å². The number of para-hydroxylation sites is 3. The minimum absolute atomic E-state index is 0.554. The van der Waals surface area contributed by atoms with Crippen LogP contribution in [0.2, 0.25) is 0 Å². The molecule has 0 saturated carbocycles. The van der Waals surface area contributed by atoms with E-state index in [1.807, 2.05) is 42.5 Å². The van der Waals surface area contributed by atoms with E-state index in [1.54, 1.807) is 0 Å². The van der Waals surface area contributed by atoms with Crippen LogP contribution in [0.4, 0.5) is 0 Å². The Balaban J connectivity index is 1.06. The predicted molar refractivity (Wildman–Crippen MR) is 233 cm³/mol. The van der Waals surface area contributed by atoms with Gasteiger partial charge in [0.2, 0.25) is 0 Å². The first-order valence-electron chi connectivity index (χ1n) is 19.2. The Bertz CT molecular complexity index is 3430. The molecule has 6 heteroatoms. The van der Waals surface area contributed by atoms with E-state index in [2.05, 4.69) is 149 Å². The third-order valence-electron chi connectivity index (χ3n) is 11.3. The molecule has 4 heterocycles. The lowest BCUT2D eigenvalue weighted by Crippen LogP contribution is -2.36. The minimum atomic E-state index is -0.554. The Hall–Kier alpha value is -7.70. The number of amidine groups is 2. The summed E-state index contributed by atoms with van der Waals surface area (Å²) in [6.45, 7) is 0. The molecule has 0 amide bonds. The van der Waals surface area contributed by atoms with Gasteiger partial charge >= 0.3 is 0 Å². The quantitative estimate of drug-likeness (QED) is 0.192. The van der Waals surface area contributed by atoms with Gasteiger partial charge in [-0.1, -0.05) is 121 Å². The summed E-state index contributed by atoms with van der Waals surface area (Å²) >= 11 is 0. The molecule has 11 aromatic rings. The molecule has 0 aliphatic carbocycles. The average molecular weight is 733 g/mol. The lowest BCUT2D eigenvalue weighted by Gasteiger charge is -2.23. The molecule has 0 saturated heterocycles. The van der Waals surface area contributed by atoms with Crippen molar-refractivity contribution < 1.29 is 8.83 Å². The van der Waals surface area contributed by atoms with Gasteiger partial charge in [-0.2, -0.15) is 0 Å². The minimum Gasteiger partial charge on any atom is -0.456 e. The van der Waals surface area contributed by atoms with Gasteiger partial charge in [0.1, 0.15) is 34.0 Å². The summed E-state index contributed by atoms with van der Waals surface area (Å²) in [5.41, 5.74) is 11.9. The van der Waals surface area contributed by atoms with E-state index >= 15 is 0 Å². The molecule has 12 rings (SSSR count). The average Bonchev–Trinajstić information content (AvgIpc) is 3.95. The number of hydrogen-bond donors (Lipinski definition) is 1. The Morgan fingerprint density at radius 3 is 1.88 bits per heavy atom. The summed E-state index contributed by atoms with van der Waals surface area (Å²) in [6.07, 6.45) is -0.554. The number of fused-ring (bicyclic) bond motifs is 9. The maximum Gasteiger partial charge on any atom is 0.170 e. The van der Waals surface area contributed by atoms with Gasteiger partial charge in [0.15, 0.2) is 6.17 Å². The highest BCUT2D eigenvalue weighted by atomic mass is 16.3. The SMILES string of the molecule is c1ccc(-c2ccc(C3=NC(c4cccc5oc6cc7c8ccccc8n(-c8ccccc8)c7cc6c45)N=C(c4ccc5oc6ccccc6c5c4)N3)cc2)cc1. The number of aromatic nitrogens is 1. The smallest absolute Gasteiger partial charge is 0.170 e. The summed E-state index contributed by atoms with van der Waals surface area (Å²) in [6, 6.07) is 63.3. The first-order chi connectivity index (χ1) is 28.2. The van der Waals surface area contributed by atoms with Gasteiger partial charge in [-0.05, 0) is 71.8 Å². The van der Waals surface area contributed by atoms with Gasteiger partial charge in [-0.15, -0.1) is 0 Å². The summed E-state index contributed by atoms with van der Waals surface area (Å²) in [5.74, 6) is 1.49. The monoisotopic (exact) mass is 732 g/mol. The van der Waals surface area contributed by atoms with E-state index in [1.165, 1.54) is 10.9 Å². The number of rotatable bonds is 5. The number of hydrogen-bond acceptors (Lipinski definition) is 5. The van der Waals surface area contributed by atoms with Gasteiger partial charge in [0.25, 0.3) is 0 Å². The number of aliphatic imine (C=N–C) groups is 2. The number of benzene rings is 8. The van der Waals surface area contributed by atoms with E-state index in [0.717, 1.165) is 99.9 Å². The molecule has 1 N–H and O–H groups in total. The lowest BCUT2D eigenvalue weighted by atomic mass is 10.0. The molecule has 6 nitrogen and oxygen atoms in total. The Labute approximate surface area is 326 Å². The van der Waals surface area contributed by atoms with Crippen molar-refractivity contribution in [3.05, 3.63) is 199 Å². The van der Waals surface area contributed by atoms with Crippen LogP contribution in [0.5, 0.6) is 0 Å². The molecule has 1 aliphatic heterocycles. The maximum absolute atomic E-state index is 6.68. The van der Waals surface area contributed by atoms with Crippen LogP contribution in [0.15, 0.2) is 201 Å². The highest BCUT2D eigenvalue weighted by Gasteiger charge is 2.26. The highest BCUT2D eigenvalue weighted by Crippen LogP contribution is 2.42. The third-order valence-corrected chi connectivity index (χ3v) is 11.3. The van der Waals surface area contributed by atoms with Crippen molar-refractivity contribution in [2.24, 2.45) is 9.98 Å². The molecular weight excluding hydrogens is 701 g/mol. The van der Waals surface area contributed by atoms with Gasteiger partial charge in [-0.3, -0.25) is 0 Å². The standard InChI is InChI=1S/C51H32N4O2/c1-3-12-31(13-4-1)32-22-24-33(25-23-32)49-52-50(34-26-27-45-40(28-34)37-17-8-10-20-44(37)56-45)54-51(53-49)38-18-11-21-46-48(38)41-29-43-39(30-47(41)57-46)36-16-7-9-19-42(36)55(43)35-14-5-2-6-15-35/h1-30,51H,(H,52,53,54). The number of nitrogens with zero attached hydrogens (tertiary/aromatic N) is 3. The van der Waals surface area contributed by atoms with Crippen LogP contribution in [0.3, 0.4) is 0 Å².